The number of halogens is 1. The molecule has 2 aromatic carbocycles. The summed E-state index contributed by atoms with van der Waals surface area (Å²) >= 11 is 4.99. The first kappa shape index (κ1) is 15.9. The van der Waals surface area contributed by atoms with E-state index < -0.39 is 0 Å². The molecular weight excluding hydrogens is 348 g/mol. The van der Waals surface area contributed by atoms with Gasteiger partial charge in [0.15, 0.2) is 0 Å². The SMILES string of the molecule is CN(C)c1ccc(NC(=O)CSc2ccccc2Br)cc1. The van der Waals surface area contributed by atoms with Crippen molar-refractivity contribution in [2.75, 3.05) is 30.1 Å². The fraction of sp³-hybridized carbons (Fsp3) is 0.188. The summed E-state index contributed by atoms with van der Waals surface area (Å²) < 4.78 is 1.01. The van der Waals surface area contributed by atoms with Crippen molar-refractivity contribution in [2.24, 2.45) is 0 Å². The molecule has 0 heterocycles. The quantitative estimate of drug-likeness (QED) is 0.805. The van der Waals surface area contributed by atoms with E-state index >= 15 is 0 Å². The maximum Gasteiger partial charge on any atom is 0.234 e. The smallest absolute Gasteiger partial charge is 0.234 e. The molecule has 0 aliphatic carbocycles. The van der Waals surface area contributed by atoms with Gasteiger partial charge in [-0.15, -0.1) is 11.8 Å². The summed E-state index contributed by atoms with van der Waals surface area (Å²) in [6.45, 7) is 0. The molecule has 0 unspecified atom stereocenters. The standard InChI is InChI=1S/C16H17BrN2OS/c1-19(2)13-9-7-12(8-10-13)18-16(20)11-21-15-6-4-3-5-14(15)17/h3-10H,11H2,1-2H3,(H,18,20). The highest BCUT2D eigenvalue weighted by Crippen LogP contribution is 2.27. The van der Waals surface area contributed by atoms with Crippen LogP contribution in [-0.2, 0) is 4.79 Å². The minimum Gasteiger partial charge on any atom is -0.378 e. The summed E-state index contributed by atoms with van der Waals surface area (Å²) in [5.41, 5.74) is 1.92. The van der Waals surface area contributed by atoms with Crippen LogP contribution in [0, 0.1) is 0 Å². The van der Waals surface area contributed by atoms with Gasteiger partial charge in [0.1, 0.15) is 0 Å². The fourth-order valence-corrected chi connectivity index (χ4v) is 3.11. The second-order valence-corrected chi connectivity index (χ2v) is 6.58. The van der Waals surface area contributed by atoms with Crippen molar-refractivity contribution in [2.45, 2.75) is 4.90 Å². The predicted molar refractivity (Wildman–Crippen MR) is 94.3 cm³/mol. The molecule has 2 aromatic rings. The first-order chi connectivity index (χ1) is 10.1. The fourth-order valence-electron chi connectivity index (χ4n) is 1.75. The second-order valence-electron chi connectivity index (χ2n) is 4.71. The van der Waals surface area contributed by atoms with E-state index in [4.69, 9.17) is 0 Å². The van der Waals surface area contributed by atoms with Crippen LogP contribution in [0.15, 0.2) is 57.9 Å². The zero-order valence-electron chi connectivity index (χ0n) is 12.0. The third-order valence-electron chi connectivity index (χ3n) is 2.86. The maximum atomic E-state index is 12.0. The van der Waals surface area contributed by atoms with Crippen molar-refractivity contribution in [3.8, 4) is 0 Å². The molecule has 5 heteroatoms. The lowest BCUT2D eigenvalue weighted by Gasteiger charge is -2.13. The van der Waals surface area contributed by atoms with Gasteiger partial charge in [0, 0.05) is 34.8 Å². The number of nitrogens with one attached hydrogen (secondary N) is 1. The van der Waals surface area contributed by atoms with Crippen LogP contribution < -0.4 is 10.2 Å². The van der Waals surface area contributed by atoms with Gasteiger partial charge < -0.3 is 10.2 Å². The van der Waals surface area contributed by atoms with Crippen LogP contribution in [0.25, 0.3) is 0 Å². The van der Waals surface area contributed by atoms with Crippen molar-refractivity contribution < 1.29 is 4.79 Å². The molecule has 0 spiro atoms. The van der Waals surface area contributed by atoms with Crippen LogP contribution in [0.5, 0.6) is 0 Å². The Balaban J connectivity index is 1.88. The Morgan fingerprint density at radius 3 is 2.43 bits per heavy atom. The molecule has 3 nitrogen and oxygen atoms in total. The Hall–Kier alpha value is -1.46. The van der Waals surface area contributed by atoms with Crippen molar-refractivity contribution in [3.63, 3.8) is 0 Å². The topological polar surface area (TPSA) is 32.3 Å². The molecule has 0 radical (unpaired) electrons. The number of hydrogen-bond acceptors (Lipinski definition) is 3. The number of carbonyl (C=O) groups is 1. The number of nitrogens with zero attached hydrogens (tertiary/aromatic N) is 1. The van der Waals surface area contributed by atoms with E-state index in [2.05, 4.69) is 21.2 Å². The molecule has 2 rings (SSSR count). The highest BCUT2D eigenvalue weighted by Gasteiger charge is 2.06. The van der Waals surface area contributed by atoms with Crippen LogP contribution in [0.4, 0.5) is 11.4 Å². The minimum absolute atomic E-state index is 0.00615. The summed E-state index contributed by atoms with van der Waals surface area (Å²) in [4.78, 5) is 15.0. The zero-order chi connectivity index (χ0) is 15.2. The highest BCUT2D eigenvalue weighted by molar-refractivity contribution is 9.10. The van der Waals surface area contributed by atoms with Crippen molar-refractivity contribution in [1.29, 1.82) is 0 Å². The van der Waals surface area contributed by atoms with Gasteiger partial charge in [-0.1, -0.05) is 12.1 Å². The maximum absolute atomic E-state index is 12.0. The molecule has 110 valence electrons. The molecular formula is C16H17BrN2OS. The third-order valence-corrected chi connectivity index (χ3v) is 4.89. The lowest BCUT2D eigenvalue weighted by molar-refractivity contribution is -0.113. The number of benzene rings is 2. The molecule has 0 atom stereocenters. The lowest BCUT2D eigenvalue weighted by Crippen LogP contribution is -2.14. The first-order valence-electron chi connectivity index (χ1n) is 6.51. The summed E-state index contributed by atoms with van der Waals surface area (Å²) in [6.07, 6.45) is 0. The van der Waals surface area contributed by atoms with Gasteiger partial charge in [-0.25, -0.2) is 0 Å². The number of amides is 1. The summed E-state index contributed by atoms with van der Waals surface area (Å²) in [5, 5.41) is 2.90. The third kappa shape index (κ3) is 4.79. The monoisotopic (exact) mass is 364 g/mol. The zero-order valence-corrected chi connectivity index (χ0v) is 14.4. The number of hydrogen-bond donors (Lipinski definition) is 1. The average molecular weight is 365 g/mol. The van der Waals surface area contributed by atoms with Gasteiger partial charge in [-0.3, -0.25) is 4.79 Å². The highest BCUT2D eigenvalue weighted by atomic mass is 79.9. The van der Waals surface area contributed by atoms with E-state index in [0.717, 1.165) is 20.7 Å². The van der Waals surface area contributed by atoms with E-state index in [1.54, 1.807) is 0 Å². The second kappa shape index (κ2) is 7.52. The Morgan fingerprint density at radius 2 is 1.81 bits per heavy atom. The van der Waals surface area contributed by atoms with Gasteiger partial charge in [0.05, 0.1) is 5.75 Å². The Kier molecular flexibility index (Phi) is 5.70. The van der Waals surface area contributed by atoms with Crippen molar-refractivity contribution in [1.82, 2.24) is 0 Å². The average Bonchev–Trinajstić information content (AvgIpc) is 2.47. The molecule has 0 aliphatic rings. The molecule has 21 heavy (non-hydrogen) atoms. The van der Waals surface area contributed by atoms with Gasteiger partial charge in [0.25, 0.3) is 0 Å². The van der Waals surface area contributed by atoms with Crippen LogP contribution in [-0.4, -0.2) is 25.8 Å². The van der Waals surface area contributed by atoms with E-state index in [0.29, 0.717) is 5.75 Å². The van der Waals surface area contributed by atoms with Crippen molar-refractivity contribution >= 4 is 45.0 Å². The lowest BCUT2D eigenvalue weighted by atomic mass is 10.2. The molecule has 1 N–H and O–H groups in total. The normalized spacial score (nSPS) is 10.2. The number of anilines is 2. The number of carbonyl (C=O) groups excluding carboxylic acids is 1. The van der Waals surface area contributed by atoms with E-state index in [1.165, 1.54) is 11.8 Å². The van der Waals surface area contributed by atoms with Crippen LogP contribution in [0.2, 0.25) is 0 Å². The number of thioether (sulfide) groups is 1. The van der Waals surface area contributed by atoms with E-state index in [1.807, 2.05) is 67.5 Å². The van der Waals surface area contributed by atoms with E-state index in [9.17, 15) is 4.79 Å². The van der Waals surface area contributed by atoms with Crippen molar-refractivity contribution in [3.05, 3.63) is 53.0 Å². The molecule has 0 saturated carbocycles. The van der Waals surface area contributed by atoms with Gasteiger partial charge >= 0.3 is 0 Å². The largest absolute Gasteiger partial charge is 0.378 e. The number of rotatable bonds is 5. The summed E-state index contributed by atoms with van der Waals surface area (Å²) in [7, 11) is 3.98. The van der Waals surface area contributed by atoms with Gasteiger partial charge in [0.2, 0.25) is 5.91 Å². The Bertz CT molecular complexity index is 614. The van der Waals surface area contributed by atoms with Gasteiger partial charge in [-0.2, -0.15) is 0 Å². The van der Waals surface area contributed by atoms with Crippen LogP contribution in [0.3, 0.4) is 0 Å². The Labute approximate surface area is 137 Å². The van der Waals surface area contributed by atoms with E-state index in [-0.39, 0.29) is 5.91 Å². The molecule has 0 saturated heterocycles. The minimum atomic E-state index is -0.00615. The Morgan fingerprint density at radius 1 is 1.14 bits per heavy atom. The summed E-state index contributed by atoms with van der Waals surface area (Å²) in [5.74, 6) is 0.381. The van der Waals surface area contributed by atoms with Crippen LogP contribution in [0.1, 0.15) is 0 Å². The molecule has 0 fully saturated rings. The first-order valence-corrected chi connectivity index (χ1v) is 8.28. The molecule has 0 bridgehead atoms. The summed E-state index contributed by atoms with van der Waals surface area (Å²) in [6, 6.07) is 15.7. The van der Waals surface area contributed by atoms with Gasteiger partial charge in [-0.05, 0) is 52.3 Å². The molecule has 0 aliphatic heterocycles. The van der Waals surface area contributed by atoms with Crippen LogP contribution >= 0.6 is 27.7 Å². The predicted octanol–water partition coefficient (Wildman–Crippen LogP) is 4.25. The molecule has 1 amide bonds. The molecule has 0 aromatic heterocycles.